The van der Waals surface area contributed by atoms with Crippen LogP contribution in [0.25, 0.3) is 0 Å². The van der Waals surface area contributed by atoms with Crippen LogP contribution in [0.15, 0.2) is 12.2 Å². The van der Waals surface area contributed by atoms with Crippen LogP contribution < -0.4 is 11.1 Å². The van der Waals surface area contributed by atoms with Crippen LogP contribution >= 0.6 is 0 Å². The summed E-state index contributed by atoms with van der Waals surface area (Å²) in [7, 11) is 0. The highest BCUT2D eigenvalue weighted by Crippen LogP contribution is 2.08. The lowest BCUT2D eigenvalue weighted by Crippen LogP contribution is -2.45. The van der Waals surface area contributed by atoms with E-state index in [1.165, 1.54) is 0 Å². The maximum absolute atomic E-state index is 11.7. The van der Waals surface area contributed by atoms with Crippen LogP contribution in [0.4, 0.5) is 0 Å². The van der Waals surface area contributed by atoms with Crippen molar-refractivity contribution in [2.45, 2.75) is 38.3 Å². The van der Waals surface area contributed by atoms with Gasteiger partial charge in [-0.15, -0.1) is 0 Å². The fraction of sp³-hybridized carbons (Fsp3) is 0.692. The fourth-order valence-corrected chi connectivity index (χ4v) is 1.76. The summed E-state index contributed by atoms with van der Waals surface area (Å²) in [6.07, 6.45) is 4.22. The van der Waals surface area contributed by atoms with Crippen LogP contribution in [-0.2, 0) is 14.3 Å². The van der Waals surface area contributed by atoms with Crippen molar-refractivity contribution < 1.29 is 19.4 Å². The van der Waals surface area contributed by atoms with Gasteiger partial charge >= 0.3 is 0 Å². The Labute approximate surface area is 113 Å². The lowest BCUT2D eigenvalue weighted by molar-refractivity contribution is -0.124. The topological polar surface area (TPSA) is 102 Å². The first kappa shape index (κ1) is 15.7. The molecule has 1 aliphatic heterocycles. The standard InChI is InChI=1S/C13H22N2O4/c1-9(13(14)18)5-6-12(17)15-10-4-2-3-7-19-8-11(10)16/h2-3,9-11,16H,4-8H2,1H3,(H2,14,18)(H,15,17)/b3-2-/t9?,10-,11+/m0/s1. The van der Waals surface area contributed by atoms with E-state index in [0.29, 0.717) is 19.4 Å². The normalized spacial score (nSPS) is 26.8. The minimum atomic E-state index is -0.720. The monoisotopic (exact) mass is 270 g/mol. The zero-order chi connectivity index (χ0) is 14.3. The van der Waals surface area contributed by atoms with E-state index in [1.54, 1.807) is 6.92 Å². The second kappa shape index (κ2) is 7.91. The third kappa shape index (κ3) is 5.85. The molecule has 3 atom stereocenters. The molecule has 0 spiro atoms. The zero-order valence-electron chi connectivity index (χ0n) is 11.2. The fourth-order valence-electron chi connectivity index (χ4n) is 1.76. The van der Waals surface area contributed by atoms with Crippen LogP contribution in [0, 0.1) is 5.92 Å². The van der Waals surface area contributed by atoms with Gasteiger partial charge in [0.15, 0.2) is 0 Å². The smallest absolute Gasteiger partial charge is 0.220 e. The van der Waals surface area contributed by atoms with Gasteiger partial charge in [-0.1, -0.05) is 19.1 Å². The van der Waals surface area contributed by atoms with Gasteiger partial charge < -0.3 is 20.9 Å². The Bertz CT molecular complexity index is 344. The van der Waals surface area contributed by atoms with Gasteiger partial charge in [0.1, 0.15) is 0 Å². The number of aliphatic hydroxyl groups excluding tert-OH is 1. The number of amides is 2. The zero-order valence-corrected chi connectivity index (χ0v) is 11.2. The summed E-state index contributed by atoms with van der Waals surface area (Å²) in [5, 5.41) is 12.6. The van der Waals surface area contributed by atoms with E-state index in [1.807, 2.05) is 12.2 Å². The Morgan fingerprint density at radius 1 is 1.53 bits per heavy atom. The molecular weight excluding hydrogens is 248 g/mol. The number of nitrogens with two attached hydrogens (primary N) is 1. The Balaban J connectivity index is 2.39. The molecule has 0 aromatic carbocycles. The summed E-state index contributed by atoms with van der Waals surface area (Å²) in [6.45, 7) is 2.37. The first-order valence-corrected chi connectivity index (χ1v) is 6.50. The van der Waals surface area contributed by atoms with E-state index in [0.717, 1.165) is 0 Å². The van der Waals surface area contributed by atoms with Crippen molar-refractivity contribution in [3.63, 3.8) is 0 Å². The number of primary amides is 1. The van der Waals surface area contributed by atoms with E-state index in [4.69, 9.17) is 10.5 Å². The Morgan fingerprint density at radius 3 is 2.95 bits per heavy atom. The minimum absolute atomic E-state index is 0.189. The van der Waals surface area contributed by atoms with Crippen molar-refractivity contribution in [1.82, 2.24) is 5.32 Å². The summed E-state index contributed by atoms with van der Waals surface area (Å²) in [5.74, 6) is -0.919. The molecule has 0 aromatic rings. The summed E-state index contributed by atoms with van der Waals surface area (Å²) in [4.78, 5) is 22.6. The quantitative estimate of drug-likeness (QED) is 0.597. The van der Waals surface area contributed by atoms with E-state index < -0.39 is 12.0 Å². The third-order valence-corrected chi connectivity index (χ3v) is 3.16. The molecule has 0 aliphatic carbocycles. The SMILES string of the molecule is CC(CCC(=O)N[C@H]1C/C=C\COC[C@H]1O)C(N)=O. The molecule has 6 nitrogen and oxygen atoms in total. The van der Waals surface area contributed by atoms with Gasteiger partial charge in [0.2, 0.25) is 11.8 Å². The maximum atomic E-state index is 11.7. The van der Waals surface area contributed by atoms with Crippen molar-refractivity contribution in [3.8, 4) is 0 Å². The molecule has 0 saturated carbocycles. The number of carbonyl (C=O) groups is 2. The van der Waals surface area contributed by atoms with Gasteiger partial charge in [0, 0.05) is 12.3 Å². The molecule has 0 saturated heterocycles. The number of ether oxygens (including phenoxy) is 1. The summed E-state index contributed by atoms with van der Waals surface area (Å²) in [6, 6.07) is -0.354. The van der Waals surface area contributed by atoms with E-state index >= 15 is 0 Å². The highest BCUT2D eigenvalue weighted by Gasteiger charge is 2.21. The molecule has 1 unspecified atom stereocenters. The van der Waals surface area contributed by atoms with Crippen LogP contribution in [-0.4, -0.2) is 42.3 Å². The van der Waals surface area contributed by atoms with Gasteiger partial charge in [-0.05, 0) is 12.8 Å². The molecule has 19 heavy (non-hydrogen) atoms. The Kier molecular flexibility index (Phi) is 6.52. The molecule has 4 N–H and O–H groups in total. The lowest BCUT2D eigenvalue weighted by Gasteiger charge is -2.24. The molecule has 0 fully saturated rings. The summed E-state index contributed by atoms with van der Waals surface area (Å²) < 4.78 is 5.18. The second-order valence-electron chi connectivity index (χ2n) is 4.83. The third-order valence-electron chi connectivity index (χ3n) is 3.16. The van der Waals surface area contributed by atoms with E-state index in [-0.39, 0.29) is 30.9 Å². The number of aliphatic hydroxyl groups is 1. The molecule has 1 rings (SSSR count). The highest BCUT2D eigenvalue weighted by molar-refractivity contribution is 5.79. The van der Waals surface area contributed by atoms with Crippen LogP contribution in [0.2, 0.25) is 0 Å². The van der Waals surface area contributed by atoms with Crippen LogP contribution in [0.1, 0.15) is 26.2 Å². The molecular formula is C13H22N2O4. The van der Waals surface area contributed by atoms with Crippen LogP contribution in [0.5, 0.6) is 0 Å². The Hall–Kier alpha value is -1.40. The molecule has 108 valence electrons. The van der Waals surface area contributed by atoms with Gasteiger partial charge in [0.25, 0.3) is 0 Å². The van der Waals surface area contributed by atoms with Crippen LogP contribution in [0.3, 0.4) is 0 Å². The molecule has 1 heterocycles. The van der Waals surface area contributed by atoms with E-state index in [2.05, 4.69) is 5.32 Å². The first-order valence-electron chi connectivity index (χ1n) is 6.50. The van der Waals surface area contributed by atoms with Gasteiger partial charge in [0.05, 0.1) is 25.4 Å². The van der Waals surface area contributed by atoms with Gasteiger partial charge in [-0.2, -0.15) is 0 Å². The number of hydrogen-bond acceptors (Lipinski definition) is 4. The molecule has 0 radical (unpaired) electrons. The predicted octanol–water partition coefficient (Wildman–Crippen LogP) is -0.290. The molecule has 2 amide bonds. The molecule has 0 aromatic heterocycles. The average Bonchev–Trinajstić information content (AvgIpc) is 2.35. The van der Waals surface area contributed by atoms with Gasteiger partial charge in [-0.25, -0.2) is 0 Å². The second-order valence-corrected chi connectivity index (χ2v) is 4.83. The highest BCUT2D eigenvalue weighted by atomic mass is 16.5. The van der Waals surface area contributed by atoms with Crippen molar-refractivity contribution in [2.24, 2.45) is 11.7 Å². The number of carbonyl (C=O) groups excluding carboxylic acids is 2. The lowest BCUT2D eigenvalue weighted by atomic mass is 10.0. The first-order chi connectivity index (χ1) is 9.00. The van der Waals surface area contributed by atoms with Crippen molar-refractivity contribution in [2.75, 3.05) is 13.2 Å². The van der Waals surface area contributed by atoms with Crippen molar-refractivity contribution in [1.29, 1.82) is 0 Å². The average molecular weight is 270 g/mol. The van der Waals surface area contributed by atoms with E-state index in [9.17, 15) is 14.7 Å². The Morgan fingerprint density at radius 2 is 2.26 bits per heavy atom. The predicted molar refractivity (Wildman–Crippen MR) is 70.1 cm³/mol. The molecule has 6 heteroatoms. The van der Waals surface area contributed by atoms with Crippen molar-refractivity contribution >= 4 is 11.8 Å². The van der Waals surface area contributed by atoms with Crippen molar-refractivity contribution in [3.05, 3.63) is 12.2 Å². The van der Waals surface area contributed by atoms with Gasteiger partial charge in [-0.3, -0.25) is 9.59 Å². The number of hydrogen-bond donors (Lipinski definition) is 3. The molecule has 0 bridgehead atoms. The summed E-state index contributed by atoms with van der Waals surface area (Å²) in [5.41, 5.74) is 5.13. The maximum Gasteiger partial charge on any atom is 0.220 e. The largest absolute Gasteiger partial charge is 0.389 e. The minimum Gasteiger partial charge on any atom is -0.389 e. The molecule has 1 aliphatic rings. The number of rotatable bonds is 5. The summed E-state index contributed by atoms with van der Waals surface area (Å²) >= 11 is 0. The number of nitrogens with one attached hydrogen (secondary N) is 1.